The average molecular weight is 904 g/mol. The van der Waals surface area contributed by atoms with E-state index in [-0.39, 0.29) is 54.3 Å². The van der Waals surface area contributed by atoms with Crippen molar-refractivity contribution >= 4 is 34.3 Å². The molecule has 0 saturated carbocycles. The topological polar surface area (TPSA) is 176 Å². The van der Waals surface area contributed by atoms with Gasteiger partial charge in [0.2, 0.25) is 17.1 Å². The molecule has 13 heteroatoms. The first-order valence-corrected chi connectivity index (χ1v) is 22.8. The number of aromatic nitrogens is 1. The van der Waals surface area contributed by atoms with E-state index in [9.17, 15) is 34.5 Å². The maximum absolute atomic E-state index is 14.0. The van der Waals surface area contributed by atoms with Crippen LogP contribution in [0.4, 0.5) is 0 Å². The maximum Gasteiger partial charge on any atom is 0.347 e. The first kappa shape index (κ1) is 46.6. The number of nitrogens with one attached hydrogen (secondary N) is 2. The Morgan fingerprint density at radius 3 is 2.28 bits per heavy atom. The number of hydrogen-bond acceptors (Lipinski definition) is 10. The standard InChI is InChI=1S/C54H57N5O8/c1-57(52(64)41-17-15-37(16-18-41)32-55-33-48(61)45-19-21-47(60)51-46(45)20-22-49(62)56-51)35-50(63)59-29-25-40(26-30-59)42-11-8-14-44(31-42)54(66,43-12-6-3-7-13-43)53(65)67-36-39-23-27-58(28-24-39)34-38-9-4-2-5-10-38/h2-22,25,31,39,48,55,60-61,66H,23-24,26-30,32-36H2,1H3,(H,56,62). The van der Waals surface area contributed by atoms with Crippen LogP contribution >= 0.6 is 0 Å². The monoisotopic (exact) mass is 903 g/mol. The molecule has 0 spiro atoms. The number of piperidine rings is 1. The molecule has 8 rings (SSSR count). The minimum absolute atomic E-state index is 0.0767. The van der Waals surface area contributed by atoms with Gasteiger partial charge in [0.15, 0.2) is 0 Å². The van der Waals surface area contributed by atoms with Gasteiger partial charge < -0.3 is 40.2 Å². The zero-order valence-electron chi connectivity index (χ0n) is 37.6. The number of rotatable bonds is 16. The molecule has 5 N–H and O–H groups in total. The Kier molecular flexibility index (Phi) is 14.7. The van der Waals surface area contributed by atoms with Crippen LogP contribution in [0.15, 0.2) is 144 Å². The third-order valence-corrected chi connectivity index (χ3v) is 13.0. The largest absolute Gasteiger partial charge is 0.506 e. The van der Waals surface area contributed by atoms with Gasteiger partial charge in [0, 0.05) is 62.4 Å². The molecule has 6 aromatic rings. The van der Waals surface area contributed by atoms with Crippen molar-refractivity contribution in [2.45, 2.75) is 44.1 Å². The smallest absolute Gasteiger partial charge is 0.347 e. The number of aromatic amines is 1. The number of aliphatic hydroxyl groups excluding tert-OH is 1. The highest BCUT2D eigenvalue weighted by molar-refractivity contribution is 5.96. The van der Waals surface area contributed by atoms with E-state index in [1.165, 1.54) is 22.6 Å². The summed E-state index contributed by atoms with van der Waals surface area (Å²) in [4.78, 5) is 60.8. The van der Waals surface area contributed by atoms with Crippen LogP contribution in [-0.4, -0.2) is 106 Å². The highest BCUT2D eigenvalue weighted by Crippen LogP contribution is 2.35. The molecule has 346 valence electrons. The Morgan fingerprint density at radius 1 is 0.851 bits per heavy atom. The molecule has 0 radical (unpaired) electrons. The number of amides is 2. The summed E-state index contributed by atoms with van der Waals surface area (Å²) in [7, 11) is 1.60. The van der Waals surface area contributed by atoms with Gasteiger partial charge in [-0.15, -0.1) is 0 Å². The highest BCUT2D eigenvalue weighted by atomic mass is 16.5. The van der Waals surface area contributed by atoms with E-state index in [2.05, 4.69) is 39.5 Å². The second-order valence-electron chi connectivity index (χ2n) is 17.6. The van der Waals surface area contributed by atoms with Gasteiger partial charge >= 0.3 is 5.97 Å². The maximum atomic E-state index is 14.0. The van der Waals surface area contributed by atoms with Gasteiger partial charge in [-0.2, -0.15) is 0 Å². The molecule has 67 heavy (non-hydrogen) atoms. The number of likely N-dealkylation sites (tertiary alicyclic amines) is 1. The van der Waals surface area contributed by atoms with Gasteiger partial charge in [-0.25, -0.2) is 4.79 Å². The number of aliphatic hydroxyl groups is 2. The Labute approximate surface area is 389 Å². The summed E-state index contributed by atoms with van der Waals surface area (Å²) in [5.41, 5.74) is 3.69. The quantitative estimate of drug-likeness (QED) is 0.0711. The molecule has 1 fully saturated rings. The van der Waals surface area contributed by atoms with Crippen molar-refractivity contribution < 1.29 is 34.4 Å². The Bertz CT molecular complexity index is 2770. The summed E-state index contributed by atoms with van der Waals surface area (Å²) in [6.07, 6.45) is 3.42. The molecule has 2 amide bonds. The molecule has 0 bridgehead atoms. The molecule has 2 aliphatic heterocycles. The summed E-state index contributed by atoms with van der Waals surface area (Å²) >= 11 is 0. The molecule has 0 aliphatic carbocycles. The van der Waals surface area contributed by atoms with E-state index in [1.807, 2.05) is 48.5 Å². The van der Waals surface area contributed by atoms with E-state index in [0.717, 1.165) is 49.2 Å². The van der Waals surface area contributed by atoms with Crippen LogP contribution in [0.1, 0.15) is 69.1 Å². The zero-order valence-corrected chi connectivity index (χ0v) is 37.6. The van der Waals surface area contributed by atoms with Crippen molar-refractivity contribution in [1.82, 2.24) is 25.0 Å². The number of phenolic OH excluding ortho intramolecular Hbond substituents is 1. The number of H-pyrrole nitrogens is 1. The third-order valence-electron chi connectivity index (χ3n) is 13.0. The van der Waals surface area contributed by atoms with Gasteiger partial charge in [0.1, 0.15) is 5.75 Å². The lowest BCUT2D eigenvalue weighted by Crippen LogP contribution is -2.42. The number of ether oxygens (including phenoxy) is 1. The van der Waals surface area contributed by atoms with E-state index >= 15 is 0 Å². The lowest BCUT2D eigenvalue weighted by atomic mass is 9.84. The molecule has 3 heterocycles. The first-order valence-electron chi connectivity index (χ1n) is 22.8. The van der Waals surface area contributed by atoms with E-state index in [4.69, 9.17) is 4.74 Å². The van der Waals surface area contributed by atoms with Crippen molar-refractivity contribution in [3.05, 3.63) is 189 Å². The molecule has 2 unspecified atom stereocenters. The number of hydrogen-bond donors (Lipinski definition) is 5. The normalized spacial score (nSPS) is 15.9. The fourth-order valence-corrected chi connectivity index (χ4v) is 9.01. The van der Waals surface area contributed by atoms with E-state index in [1.54, 1.807) is 66.5 Å². The first-order chi connectivity index (χ1) is 32.5. The van der Waals surface area contributed by atoms with Crippen LogP contribution in [-0.2, 0) is 33.0 Å². The van der Waals surface area contributed by atoms with Crippen LogP contribution < -0.4 is 10.9 Å². The molecule has 5 aromatic carbocycles. The van der Waals surface area contributed by atoms with Crippen molar-refractivity contribution in [2.24, 2.45) is 5.92 Å². The predicted molar refractivity (Wildman–Crippen MR) is 257 cm³/mol. The number of pyridine rings is 1. The number of nitrogens with zero attached hydrogens (tertiary/aromatic N) is 3. The van der Waals surface area contributed by atoms with Crippen molar-refractivity contribution in [3.63, 3.8) is 0 Å². The lowest BCUT2D eigenvalue weighted by molar-refractivity contribution is -0.164. The molecule has 1 saturated heterocycles. The summed E-state index contributed by atoms with van der Waals surface area (Å²) in [5, 5.41) is 37.2. The molecule has 1 aromatic heterocycles. The molecule has 2 atom stereocenters. The number of benzene rings is 5. The lowest BCUT2D eigenvalue weighted by Gasteiger charge is -2.33. The Balaban J connectivity index is 0.829. The number of carbonyl (C=O) groups is 3. The number of likely N-dealkylation sites (N-methyl/N-ethyl adjacent to an activating group) is 1. The minimum Gasteiger partial charge on any atom is -0.506 e. The molecular formula is C54H57N5O8. The number of carbonyl (C=O) groups excluding carboxylic acids is 3. The van der Waals surface area contributed by atoms with Gasteiger partial charge in [0.05, 0.1) is 24.8 Å². The summed E-state index contributed by atoms with van der Waals surface area (Å²) in [5.74, 6) is -1.06. The molecule has 2 aliphatic rings. The van der Waals surface area contributed by atoms with Crippen molar-refractivity contribution in [3.8, 4) is 5.75 Å². The van der Waals surface area contributed by atoms with Gasteiger partial charge in [-0.1, -0.05) is 103 Å². The average Bonchev–Trinajstić information content (AvgIpc) is 3.36. The number of esters is 1. The van der Waals surface area contributed by atoms with E-state index in [0.29, 0.717) is 53.7 Å². The molecular weight excluding hydrogens is 847 g/mol. The SMILES string of the molecule is CN(CC(=O)N1CC=C(c2cccc(C(O)(C(=O)OCC3CCN(Cc4ccccc4)CC3)c3ccccc3)c2)CC1)C(=O)c1ccc(CNCC(O)c2ccc(O)c3[nH]c(=O)ccc23)cc1. The van der Waals surface area contributed by atoms with Crippen LogP contribution in [0, 0.1) is 5.92 Å². The predicted octanol–water partition coefficient (Wildman–Crippen LogP) is 6.14. The van der Waals surface area contributed by atoms with Gasteiger partial charge in [-0.05, 0) is 102 Å². The van der Waals surface area contributed by atoms with Gasteiger partial charge in [0.25, 0.3) is 5.91 Å². The summed E-state index contributed by atoms with van der Waals surface area (Å²) in [6.45, 7) is 4.24. The van der Waals surface area contributed by atoms with Crippen LogP contribution in [0.3, 0.4) is 0 Å². The van der Waals surface area contributed by atoms with E-state index < -0.39 is 17.7 Å². The third kappa shape index (κ3) is 11.0. The second kappa shape index (κ2) is 21.2. The van der Waals surface area contributed by atoms with Gasteiger partial charge in [-0.3, -0.25) is 19.3 Å². The zero-order chi connectivity index (χ0) is 46.9. The number of phenols is 1. The van der Waals surface area contributed by atoms with Crippen LogP contribution in [0.25, 0.3) is 16.5 Å². The minimum atomic E-state index is -2.03. The van der Waals surface area contributed by atoms with Crippen LogP contribution in [0.5, 0.6) is 5.75 Å². The second-order valence-corrected chi connectivity index (χ2v) is 17.6. The molecule has 13 nitrogen and oxygen atoms in total. The highest BCUT2D eigenvalue weighted by Gasteiger charge is 2.42. The van der Waals surface area contributed by atoms with Crippen molar-refractivity contribution in [1.29, 1.82) is 0 Å². The Hall–Kier alpha value is -6.90. The summed E-state index contributed by atoms with van der Waals surface area (Å²) < 4.78 is 5.95. The number of aromatic hydroxyl groups is 1. The number of fused-ring (bicyclic) bond motifs is 1. The van der Waals surface area contributed by atoms with Crippen LogP contribution in [0.2, 0.25) is 0 Å². The van der Waals surface area contributed by atoms with Crippen molar-refractivity contribution in [2.75, 3.05) is 52.9 Å². The Morgan fingerprint density at radius 2 is 1.57 bits per heavy atom. The fraction of sp³-hybridized carbons (Fsp3) is 0.296. The summed E-state index contributed by atoms with van der Waals surface area (Å²) in [6, 6.07) is 39.7. The fourth-order valence-electron chi connectivity index (χ4n) is 9.01.